The standard InChI is InChI=1S/C11H10S8/c1-2-3-5-14-8-9(15-5)19-11(18-8)10-16-6-7(17-10)13-4-12-6/h5H,2-4H2,1H3. The Hall–Kier alpha value is 2.02. The monoisotopic (exact) mass is 398 g/mol. The van der Waals surface area contributed by atoms with Gasteiger partial charge in [-0.15, -0.1) is 47.0 Å². The second-order valence-corrected chi connectivity index (χ2v) is 14.7. The lowest BCUT2D eigenvalue weighted by Crippen LogP contribution is -1.90. The third-order valence-corrected chi connectivity index (χ3v) is 14.9. The Morgan fingerprint density at radius 2 is 1.32 bits per heavy atom. The zero-order valence-electron chi connectivity index (χ0n) is 9.96. The Balaban J connectivity index is 1.43. The highest BCUT2D eigenvalue weighted by molar-refractivity contribution is 8.49. The number of hydrogen-bond donors (Lipinski definition) is 0. The van der Waals surface area contributed by atoms with Crippen molar-refractivity contribution in [2.45, 2.75) is 24.3 Å². The normalized spacial score (nSPS) is 27.0. The maximum Gasteiger partial charge on any atom is 0.0717 e. The third kappa shape index (κ3) is 2.94. The highest BCUT2D eigenvalue weighted by atomic mass is 32.3. The molecule has 8 heteroatoms. The Bertz CT molecular complexity index is 479. The van der Waals surface area contributed by atoms with Gasteiger partial charge in [-0.2, -0.15) is 0 Å². The minimum atomic E-state index is 0.777. The van der Waals surface area contributed by atoms with Crippen LogP contribution in [0.2, 0.25) is 0 Å². The van der Waals surface area contributed by atoms with Crippen molar-refractivity contribution >= 4 is 94.1 Å². The van der Waals surface area contributed by atoms with Crippen LogP contribution in [0.15, 0.2) is 25.4 Å². The van der Waals surface area contributed by atoms with Crippen molar-refractivity contribution in [3.63, 3.8) is 0 Å². The Labute approximate surface area is 147 Å². The molecule has 0 radical (unpaired) electrons. The van der Waals surface area contributed by atoms with Gasteiger partial charge in [-0.25, -0.2) is 0 Å². The highest BCUT2D eigenvalue weighted by Crippen LogP contribution is 2.71. The molecule has 0 aromatic rings. The molecule has 102 valence electrons. The van der Waals surface area contributed by atoms with Gasteiger partial charge >= 0.3 is 0 Å². The molecule has 4 heterocycles. The number of thioether (sulfide) groups is 8. The van der Waals surface area contributed by atoms with Gasteiger partial charge in [0.1, 0.15) is 0 Å². The van der Waals surface area contributed by atoms with Gasteiger partial charge in [-0.3, -0.25) is 0 Å². The zero-order chi connectivity index (χ0) is 12.8. The van der Waals surface area contributed by atoms with E-state index < -0.39 is 0 Å². The van der Waals surface area contributed by atoms with Crippen LogP contribution in [0.1, 0.15) is 19.8 Å². The predicted molar refractivity (Wildman–Crippen MR) is 105 cm³/mol. The average molecular weight is 399 g/mol. The molecule has 0 spiro atoms. The van der Waals surface area contributed by atoms with Crippen molar-refractivity contribution < 1.29 is 0 Å². The van der Waals surface area contributed by atoms with E-state index in [9.17, 15) is 0 Å². The van der Waals surface area contributed by atoms with Gasteiger partial charge in [0.25, 0.3) is 0 Å². The van der Waals surface area contributed by atoms with Crippen LogP contribution >= 0.6 is 94.1 Å². The molecular formula is C11H10S8. The maximum absolute atomic E-state index is 2.28. The van der Waals surface area contributed by atoms with Crippen molar-refractivity contribution in [1.29, 1.82) is 0 Å². The lowest BCUT2D eigenvalue weighted by molar-refractivity contribution is 0.873. The SMILES string of the molecule is CCCC1SC2=C(SC(=C3SC4=C(SCS4)S3)S2)S1. The molecule has 4 rings (SSSR count). The molecular weight excluding hydrogens is 389 g/mol. The van der Waals surface area contributed by atoms with Gasteiger partial charge in [-0.1, -0.05) is 60.4 Å². The van der Waals surface area contributed by atoms with Crippen molar-refractivity contribution in [1.82, 2.24) is 0 Å². The van der Waals surface area contributed by atoms with Gasteiger partial charge in [0.15, 0.2) is 0 Å². The second kappa shape index (κ2) is 6.26. The molecule has 0 nitrogen and oxygen atoms in total. The van der Waals surface area contributed by atoms with Crippen LogP contribution in [0, 0.1) is 0 Å². The summed E-state index contributed by atoms with van der Waals surface area (Å²) < 4.78 is 10.1. The van der Waals surface area contributed by atoms with E-state index in [4.69, 9.17) is 0 Å². The fraction of sp³-hybridized carbons (Fsp3) is 0.455. The van der Waals surface area contributed by atoms with E-state index in [0.717, 1.165) is 4.58 Å². The second-order valence-electron chi connectivity index (χ2n) is 3.99. The fourth-order valence-electron chi connectivity index (χ4n) is 1.79. The van der Waals surface area contributed by atoms with Crippen LogP contribution in [-0.2, 0) is 0 Å². The van der Waals surface area contributed by atoms with E-state index in [0.29, 0.717) is 0 Å². The summed E-state index contributed by atoms with van der Waals surface area (Å²) in [4.78, 5) is 0. The predicted octanol–water partition coefficient (Wildman–Crippen LogP) is 7.37. The van der Waals surface area contributed by atoms with Crippen LogP contribution in [0.25, 0.3) is 0 Å². The topological polar surface area (TPSA) is 0 Å². The molecule has 0 aliphatic carbocycles. The molecule has 0 unspecified atom stereocenters. The van der Waals surface area contributed by atoms with E-state index in [-0.39, 0.29) is 0 Å². The quantitative estimate of drug-likeness (QED) is 0.466. The van der Waals surface area contributed by atoms with Crippen LogP contribution in [0.3, 0.4) is 0 Å². The summed E-state index contributed by atoms with van der Waals surface area (Å²) in [5.74, 6) is 0. The zero-order valence-corrected chi connectivity index (χ0v) is 16.5. The summed E-state index contributed by atoms with van der Waals surface area (Å²) >= 11 is 16.3. The largest absolute Gasteiger partial charge is 0.106 e. The van der Waals surface area contributed by atoms with E-state index in [1.807, 2.05) is 70.6 Å². The van der Waals surface area contributed by atoms with Crippen molar-refractivity contribution in [3.05, 3.63) is 25.4 Å². The summed E-state index contributed by atoms with van der Waals surface area (Å²) in [6.07, 6.45) is 2.63. The third-order valence-electron chi connectivity index (χ3n) is 2.62. The number of rotatable bonds is 2. The first-order chi connectivity index (χ1) is 9.33. The summed E-state index contributed by atoms with van der Waals surface area (Å²) in [7, 11) is 0. The molecule has 0 saturated heterocycles. The molecule has 4 aliphatic heterocycles. The van der Waals surface area contributed by atoms with Crippen LogP contribution in [0.4, 0.5) is 0 Å². The van der Waals surface area contributed by atoms with E-state index in [1.165, 1.54) is 26.4 Å². The van der Waals surface area contributed by atoms with Gasteiger partial charge in [-0.05, 0) is 6.42 Å². The van der Waals surface area contributed by atoms with Gasteiger partial charge < -0.3 is 0 Å². The molecule has 0 atom stereocenters. The van der Waals surface area contributed by atoms with E-state index in [2.05, 4.69) is 30.4 Å². The molecule has 0 saturated carbocycles. The Morgan fingerprint density at radius 1 is 0.789 bits per heavy atom. The molecule has 0 aromatic carbocycles. The molecule has 0 amide bonds. The first kappa shape index (κ1) is 14.6. The van der Waals surface area contributed by atoms with Gasteiger partial charge in [0.05, 0.1) is 30.0 Å². The van der Waals surface area contributed by atoms with Crippen LogP contribution in [-0.4, -0.2) is 9.67 Å². The minimum Gasteiger partial charge on any atom is -0.106 e. The summed E-state index contributed by atoms with van der Waals surface area (Å²) in [5.41, 5.74) is 0. The van der Waals surface area contributed by atoms with E-state index >= 15 is 0 Å². The summed E-state index contributed by atoms with van der Waals surface area (Å²) in [6.45, 7) is 2.28. The molecule has 19 heavy (non-hydrogen) atoms. The van der Waals surface area contributed by atoms with Crippen LogP contribution in [0.5, 0.6) is 0 Å². The minimum absolute atomic E-state index is 0.777. The lowest BCUT2D eigenvalue weighted by Gasteiger charge is -2.10. The van der Waals surface area contributed by atoms with Gasteiger partial charge in [0.2, 0.25) is 0 Å². The molecule has 0 fully saturated rings. The molecule has 4 aliphatic rings. The average Bonchev–Trinajstić information content (AvgIpc) is 3.03. The van der Waals surface area contributed by atoms with E-state index in [1.54, 1.807) is 16.9 Å². The molecule has 0 bridgehead atoms. The smallest absolute Gasteiger partial charge is 0.0717 e. The van der Waals surface area contributed by atoms with Crippen LogP contribution < -0.4 is 0 Å². The summed E-state index contributed by atoms with van der Waals surface area (Å²) in [6, 6.07) is 0. The molecule has 0 aromatic heterocycles. The Kier molecular flexibility index (Phi) is 4.81. The van der Waals surface area contributed by atoms with Crippen molar-refractivity contribution in [3.8, 4) is 0 Å². The van der Waals surface area contributed by atoms with Gasteiger partial charge in [0, 0.05) is 5.08 Å². The maximum atomic E-state index is 2.28. The first-order valence-electron chi connectivity index (χ1n) is 5.86. The Morgan fingerprint density at radius 3 is 1.84 bits per heavy atom. The first-order valence-corrected chi connectivity index (χ1v) is 12.9. The highest BCUT2D eigenvalue weighted by Gasteiger charge is 2.36. The lowest BCUT2D eigenvalue weighted by atomic mass is 10.4. The fourth-order valence-corrected chi connectivity index (χ4v) is 15.6. The summed E-state index contributed by atoms with van der Waals surface area (Å²) in [5, 5.41) is 1.21. The molecule has 0 N–H and O–H groups in total. The number of hydrogen-bond acceptors (Lipinski definition) is 8. The van der Waals surface area contributed by atoms with Crippen molar-refractivity contribution in [2.75, 3.05) is 5.08 Å². The van der Waals surface area contributed by atoms with Crippen molar-refractivity contribution in [2.24, 2.45) is 0 Å².